The summed E-state index contributed by atoms with van der Waals surface area (Å²) in [5.74, 6) is -1.29. The van der Waals surface area contributed by atoms with E-state index in [1.54, 1.807) is 10.6 Å². The Bertz CT molecular complexity index is 613. The maximum atomic E-state index is 12.0. The number of carboxylic acids is 1. The number of thiazole rings is 1. The second-order valence-electron chi connectivity index (χ2n) is 5.15. The van der Waals surface area contributed by atoms with E-state index in [0.717, 1.165) is 9.84 Å². The molecular weight excluding hydrogens is 278 g/mol. The van der Waals surface area contributed by atoms with Gasteiger partial charge in [0.2, 0.25) is 0 Å². The molecule has 20 heavy (non-hydrogen) atoms. The number of carboxylic acid groups (broad SMARTS) is 1. The van der Waals surface area contributed by atoms with Gasteiger partial charge in [-0.1, -0.05) is 13.8 Å². The predicted molar refractivity (Wildman–Crippen MR) is 76.2 cm³/mol. The molecule has 0 spiro atoms. The standard InChI is InChI=1S/C13H17N3O3S/c1-7(2)4-9(12(18)19)14-11(17)10-6-16-5-8(3)20-13(16)15-10/h5-7,9H,4H2,1-3H3,(H,14,17)(H,18,19). The number of carbonyl (C=O) groups excluding carboxylic acids is 1. The lowest BCUT2D eigenvalue weighted by molar-refractivity contribution is -0.139. The van der Waals surface area contributed by atoms with Crippen LogP contribution in [-0.4, -0.2) is 32.4 Å². The fraction of sp³-hybridized carbons (Fsp3) is 0.462. The summed E-state index contributed by atoms with van der Waals surface area (Å²) in [4.78, 5) is 29.2. The van der Waals surface area contributed by atoms with Crippen molar-refractivity contribution in [3.8, 4) is 0 Å². The molecule has 0 aliphatic heterocycles. The van der Waals surface area contributed by atoms with Gasteiger partial charge in [0.25, 0.3) is 5.91 Å². The largest absolute Gasteiger partial charge is 0.480 e. The molecule has 1 atom stereocenters. The highest BCUT2D eigenvalue weighted by Crippen LogP contribution is 2.16. The van der Waals surface area contributed by atoms with Crippen molar-refractivity contribution in [3.63, 3.8) is 0 Å². The predicted octanol–water partition coefficient (Wildman–Crippen LogP) is 1.93. The molecule has 2 rings (SSSR count). The first-order valence-electron chi connectivity index (χ1n) is 6.35. The summed E-state index contributed by atoms with van der Waals surface area (Å²) in [5.41, 5.74) is 0.242. The highest BCUT2D eigenvalue weighted by Gasteiger charge is 2.23. The van der Waals surface area contributed by atoms with Crippen LogP contribution in [-0.2, 0) is 4.79 Å². The Labute approximate surface area is 120 Å². The maximum absolute atomic E-state index is 12.0. The van der Waals surface area contributed by atoms with Crippen molar-refractivity contribution >= 4 is 28.2 Å². The average molecular weight is 295 g/mol. The molecule has 1 unspecified atom stereocenters. The van der Waals surface area contributed by atoms with E-state index in [0.29, 0.717) is 6.42 Å². The van der Waals surface area contributed by atoms with Gasteiger partial charge in [-0.2, -0.15) is 0 Å². The van der Waals surface area contributed by atoms with Crippen molar-refractivity contribution in [3.05, 3.63) is 23.0 Å². The van der Waals surface area contributed by atoms with E-state index in [4.69, 9.17) is 5.11 Å². The van der Waals surface area contributed by atoms with Crippen molar-refractivity contribution in [2.45, 2.75) is 33.2 Å². The van der Waals surface area contributed by atoms with E-state index in [2.05, 4.69) is 10.3 Å². The third-order valence-corrected chi connectivity index (χ3v) is 3.73. The molecule has 2 N–H and O–H groups in total. The van der Waals surface area contributed by atoms with Gasteiger partial charge in [-0.05, 0) is 19.3 Å². The Kier molecular flexibility index (Phi) is 4.08. The SMILES string of the molecule is Cc1cn2cc(C(=O)NC(CC(C)C)C(=O)O)nc2s1. The van der Waals surface area contributed by atoms with Crippen molar-refractivity contribution in [2.24, 2.45) is 5.92 Å². The van der Waals surface area contributed by atoms with Crippen LogP contribution in [0.1, 0.15) is 35.6 Å². The zero-order valence-corrected chi connectivity index (χ0v) is 12.4. The minimum atomic E-state index is -1.02. The Hall–Kier alpha value is -1.89. The lowest BCUT2D eigenvalue weighted by Gasteiger charge is -2.15. The van der Waals surface area contributed by atoms with Crippen molar-refractivity contribution in [2.75, 3.05) is 0 Å². The van der Waals surface area contributed by atoms with E-state index in [1.807, 2.05) is 27.0 Å². The number of amides is 1. The van der Waals surface area contributed by atoms with Gasteiger partial charge in [0.05, 0.1) is 0 Å². The van der Waals surface area contributed by atoms with Gasteiger partial charge in [0, 0.05) is 17.3 Å². The van der Waals surface area contributed by atoms with Crippen LogP contribution in [0.5, 0.6) is 0 Å². The normalized spacial score (nSPS) is 12.8. The van der Waals surface area contributed by atoms with Gasteiger partial charge in [-0.15, -0.1) is 11.3 Å². The zero-order valence-electron chi connectivity index (χ0n) is 11.6. The molecule has 2 aromatic heterocycles. The zero-order chi connectivity index (χ0) is 14.9. The van der Waals surface area contributed by atoms with Crippen molar-refractivity contribution in [1.82, 2.24) is 14.7 Å². The molecule has 0 bridgehead atoms. The number of fused-ring (bicyclic) bond motifs is 1. The molecule has 6 nitrogen and oxygen atoms in total. The van der Waals surface area contributed by atoms with Crippen LogP contribution in [0.15, 0.2) is 12.4 Å². The minimum Gasteiger partial charge on any atom is -0.480 e. The molecular formula is C13H17N3O3S. The molecule has 0 saturated carbocycles. The average Bonchev–Trinajstić information content (AvgIpc) is 2.84. The summed E-state index contributed by atoms with van der Waals surface area (Å²) < 4.78 is 1.77. The maximum Gasteiger partial charge on any atom is 0.326 e. The van der Waals surface area contributed by atoms with Gasteiger partial charge >= 0.3 is 5.97 Å². The number of carbonyl (C=O) groups is 2. The van der Waals surface area contributed by atoms with E-state index in [9.17, 15) is 9.59 Å². The molecule has 0 aliphatic rings. The van der Waals surface area contributed by atoms with Crippen molar-refractivity contribution in [1.29, 1.82) is 0 Å². The van der Waals surface area contributed by atoms with Gasteiger partial charge in [-0.25, -0.2) is 9.78 Å². The number of imidazole rings is 1. The summed E-state index contributed by atoms with van der Waals surface area (Å²) in [5, 5.41) is 11.6. The fourth-order valence-corrected chi connectivity index (χ4v) is 2.75. The van der Waals surface area contributed by atoms with Crippen LogP contribution in [0.3, 0.4) is 0 Å². The molecule has 0 radical (unpaired) electrons. The van der Waals surface area contributed by atoms with Crippen LogP contribution in [0, 0.1) is 12.8 Å². The fourth-order valence-electron chi connectivity index (χ4n) is 1.95. The summed E-state index contributed by atoms with van der Waals surface area (Å²) in [6, 6.07) is -0.885. The summed E-state index contributed by atoms with van der Waals surface area (Å²) in [7, 11) is 0. The Morgan fingerprint density at radius 1 is 1.45 bits per heavy atom. The summed E-state index contributed by atoms with van der Waals surface area (Å²) in [6.45, 7) is 5.79. The molecule has 108 valence electrons. The number of aliphatic carboxylic acids is 1. The summed E-state index contributed by atoms with van der Waals surface area (Å²) >= 11 is 1.48. The number of aryl methyl sites for hydroxylation is 1. The van der Waals surface area contributed by atoms with Crippen LogP contribution >= 0.6 is 11.3 Å². The number of nitrogens with zero attached hydrogens (tertiary/aromatic N) is 2. The van der Waals surface area contributed by atoms with E-state index >= 15 is 0 Å². The number of aromatic nitrogens is 2. The highest BCUT2D eigenvalue weighted by atomic mass is 32.1. The molecule has 1 amide bonds. The highest BCUT2D eigenvalue weighted by molar-refractivity contribution is 7.17. The summed E-state index contributed by atoms with van der Waals surface area (Å²) in [6.07, 6.45) is 3.89. The first-order chi connectivity index (χ1) is 9.36. The Balaban J connectivity index is 2.13. The minimum absolute atomic E-state index is 0.185. The van der Waals surface area contributed by atoms with Crippen molar-refractivity contribution < 1.29 is 14.7 Å². The van der Waals surface area contributed by atoms with Gasteiger partial charge < -0.3 is 10.4 Å². The lowest BCUT2D eigenvalue weighted by atomic mass is 10.0. The molecule has 0 saturated heterocycles. The third kappa shape index (κ3) is 3.16. The smallest absolute Gasteiger partial charge is 0.326 e. The monoisotopic (exact) mass is 295 g/mol. The Morgan fingerprint density at radius 2 is 2.15 bits per heavy atom. The van der Waals surface area contributed by atoms with Gasteiger partial charge in [0.15, 0.2) is 4.96 Å². The molecule has 0 aliphatic carbocycles. The second kappa shape index (κ2) is 5.62. The Morgan fingerprint density at radius 3 is 2.70 bits per heavy atom. The number of hydrogen-bond donors (Lipinski definition) is 2. The number of nitrogens with one attached hydrogen (secondary N) is 1. The molecule has 0 aromatic carbocycles. The lowest BCUT2D eigenvalue weighted by Crippen LogP contribution is -2.41. The molecule has 0 fully saturated rings. The van der Waals surface area contributed by atoms with Crippen LogP contribution < -0.4 is 5.32 Å². The quantitative estimate of drug-likeness (QED) is 0.883. The van der Waals surface area contributed by atoms with E-state index in [-0.39, 0.29) is 11.6 Å². The van der Waals surface area contributed by atoms with Gasteiger partial charge in [0.1, 0.15) is 11.7 Å². The number of rotatable bonds is 5. The molecule has 7 heteroatoms. The molecule has 2 aromatic rings. The number of hydrogen-bond acceptors (Lipinski definition) is 4. The molecule has 2 heterocycles. The third-order valence-electron chi connectivity index (χ3n) is 2.81. The van der Waals surface area contributed by atoms with Crippen LogP contribution in [0.25, 0.3) is 4.96 Å². The first-order valence-corrected chi connectivity index (χ1v) is 7.17. The van der Waals surface area contributed by atoms with Crippen LogP contribution in [0.4, 0.5) is 0 Å². The van der Waals surface area contributed by atoms with Gasteiger partial charge in [-0.3, -0.25) is 9.20 Å². The van der Waals surface area contributed by atoms with Crippen LogP contribution in [0.2, 0.25) is 0 Å². The first kappa shape index (κ1) is 14.5. The van der Waals surface area contributed by atoms with E-state index < -0.39 is 17.9 Å². The van der Waals surface area contributed by atoms with E-state index in [1.165, 1.54) is 11.3 Å². The topological polar surface area (TPSA) is 83.7 Å². The second-order valence-corrected chi connectivity index (χ2v) is 6.36.